The summed E-state index contributed by atoms with van der Waals surface area (Å²) in [7, 11) is 0. The van der Waals surface area contributed by atoms with E-state index in [0.717, 1.165) is 6.42 Å². The van der Waals surface area contributed by atoms with Gasteiger partial charge in [-0.15, -0.1) is 0 Å². The van der Waals surface area contributed by atoms with Crippen LogP contribution in [0.3, 0.4) is 0 Å². The Balaban J connectivity index is 4.06. The number of alkyl halides is 5. The average molecular weight is 268 g/mol. The van der Waals surface area contributed by atoms with E-state index in [9.17, 15) is 22.0 Å². The van der Waals surface area contributed by atoms with Crippen LogP contribution in [0.4, 0.5) is 22.0 Å². The molecule has 0 aromatic rings. The van der Waals surface area contributed by atoms with Crippen molar-refractivity contribution in [1.29, 1.82) is 0 Å². The molecule has 0 aromatic carbocycles. The molecule has 0 amide bonds. The SMILES string of the molecule is CCCCOC(=S)SC(F)(F)C(F)(F)F. The van der Waals surface area contributed by atoms with Gasteiger partial charge in [-0.1, -0.05) is 13.3 Å². The highest BCUT2D eigenvalue weighted by atomic mass is 32.2. The molecule has 0 saturated heterocycles. The molecule has 90 valence electrons. The van der Waals surface area contributed by atoms with Crippen molar-refractivity contribution in [3.63, 3.8) is 0 Å². The number of hydrogen-bond acceptors (Lipinski definition) is 3. The number of rotatable bonds is 4. The number of hydrogen-bond donors (Lipinski definition) is 0. The van der Waals surface area contributed by atoms with Gasteiger partial charge in [0.1, 0.15) is 0 Å². The maximum absolute atomic E-state index is 12.4. The molecule has 8 heteroatoms. The van der Waals surface area contributed by atoms with Crippen LogP contribution in [0.1, 0.15) is 19.8 Å². The molecule has 0 aliphatic heterocycles. The normalized spacial score (nSPS) is 12.7. The molecule has 15 heavy (non-hydrogen) atoms. The highest BCUT2D eigenvalue weighted by Crippen LogP contribution is 2.44. The van der Waals surface area contributed by atoms with Gasteiger partial charge in [-0.05, 0) is 18.6 Å². The molecule has 0 aliphatic carbocycles. The number of ether oxygens (including phenoxy) is 1. The van der Waals surface area contributed by atoms with Crippen molar-refractivity contribution in [2.24, 2.45) is 0 Å². The molecule has 0 radical (unpaired) electrons. The molecule has 0 bridgehead atoms. The van der Waals surface area contributed by atoms with Gasteiger partial charge < -0.3 is 4.74 Å². The highest BCUT2D eigenvalue weighted by Gasteiger charge is 2.59. The van der Waals surface area contributed by atoms with E-state index in [2.05, 4.69) is 17.0 Å². The molecule has 0 unspecified atom stereocenters. The number of thioether (sulfide) groups is 1. The predicted molar refractivity (Wildman–Crippen MR) is 52.1 cm³/mol. The van der Waals surface area contributed by atoms with E-state index in [4.69, 9.17) is 0 Å². The van der Waals surface area contributed by atoms with Crippen LogP contribution >= 0.6 is 24.0 Å². The minimum absolute atomic E-state index is 0.0519. The minimum Gasteiger partial charge on any atom is -0.478 e. The van der Waals surface area contributed by atoms with Crippen LogP contribution in [-0.2, 0) is 4.74 Å². The second kappa shape index (κ2) is 5.83. The molecular weight excluding hydrogens is 259 g/mol. The number of unbranched alkanes of at least 4 members (excludes halogenated alkanes) is 1. The fourth-order valence-corrected chi connectivity index (χ4v) is 1.36. The highest BCUT2D eigenvalue weighted by molar-refractivity contribution is 8.23. The Morgan fingerprint density at radius 1 is 1.27 bits per heavy atom. The van der Waals surface area contributed by atoms with Gasteiger partial charge in [0.2, 0.25) is 4.38 Å². The fraction of sp³-hybridized carbons (Fsp3) is 0.857. The Bertz CT molecular complexity index is 216. The molecule has 0 saturated carbocycles. The maximum Gasteiger partial charge on any atom is 0.464 e. The summed E-state index contributed by atoms with van der Waals surface area (Å²) >= 11 is 3.46. The van der Waals surface area contributed by atoms with Crippen LogP contribution in [0.15, 0.2) is 0 Å². The van der Waals surface area contributed by atoms with Gasteiger partial charge >= 0.3 is 11.4 Å². The largest absolute Gasteiger partial charge is 0.478 e. The van der Waals surface area contributed by atoms with E-state index in [1.54, 1.807) is 0 Å². The van der Waals surface area contributed by atoms with E-state index in [0.29, 0.717) is 6.42 Å². The topological polar surface area (TPSA) is 9.23 Å². The first kappa shape index (κ1) is 14.9. The maximum atomic E-state index is 12.4. The second-order valence-corrected chi connectivity index (χ2v) is 4.29. The quantitative estimate of drug-likeness (QED) is 0.433. The van der Waals surface area contributed by atoms with E-state index in [-0.39, 0.29) is 6.61 Å². The third-order valence-corrected chi connectivity index (χ3v) is 2.40. The number of thiocarbonyl (C=S) groups is 1. The lowest BCUT2D eigenvalue weighted by atomic mass is 10.4. The zero-order chi connectivity index (χ0) is 12.1. The van der Waals surface area contributed by atoms with E-state index < -0.39 is 27.6 Å². The predicted octanol–water partition coefficient (Wildman–Crippen LogP) is 3.98. The van der Waals surface area contributed by atoms with E-state index in [1.807, 2.05) is 6.92 Å². The van der Waals surface area contributed by atoms with Crippen LogP contribution in [0, 0.1) is 0 Å². The molecule has 0 N–H and O–H groups in total. The monoisotopic (exact) mass is 268 g/mol. The van der Waals surface area contributed by atoms with Gasteiger partial charge in [0.15, 0.2) is 0 Å². The zero-order valence-corrected chi connectivity index (χ0v) is 9.37. The Hall–Kier alpha value is -0.110. The van der Waals surface area contributed by atoms with Crippen LogP contribution in [0.2, 0.25) is 0 Å². The summed E-state index contributed by atoms with van der Waals surface area (Å²) in [6, 6.07) is 0. The van der Waals surface area contributed by atoms with Crippen LogP contribution in [0.5, 0.6) is 0 Å². The van der Waals surface area contributed by atoms with Gasteiger partial charge in [0.05, 0.1) is 6.61 Å². The lowest BCUT2D eigenvalue weighted by molar-refractivity contribution is -0.237. The fourth-order valence-electron chi connectivity index (χ4n) is 0.492. The van der Waals surface area contributed by atoms with Crippen molar-refractivity contribution in [3.05, 3.63) is 0 Å². The molecule has 0 spiro atoms. The molecule has 0 heterocycles. The minimum atomic E-state index is -5.62. The Morgan fingerprint density at radius 2 is 1.80 bits per heavy atom. The third kappa shape index (κ3) is 5.50. The lowest BCUT2D eigenvalue weighted by Gasteiger charge is -2.18. The van der Waals surface area contributed by atoms with Crippen molar-refractivity contribution < 1.29 is 26.7 Å². The van der Waals surface area contributed by atoms with Crippen molar-refractivity contribution in [3.8, 4) is 0 Å². The van der Waals surface area contributed by atoms with Crippen LogP contribution < -0.4 is 0 Å². The summed E-state index contributed by atoms with van der Waals surface area (Å²) in [5, 5.41) is -4.89. The van der Waals surface area contributed by atoms with Crippen molar-refractivity contribution in [2.75, 3.05) is 6.61 Å². The lowest BCUT2D eigenvalue weighted by Crippen LogP contribution is -2.34. The summed E-state index contributed by atoms with van der Waals surface area (Å²) < 4.78 is 63.6. The standard InChI is InChI=1S/C7H9F5OS2/c1-2-3-4-13-5(14)15-7(11,12)6(8,9)10/h2-4H2,1H3. The summed E-state index contributed by atoms with van der Waals surface area (Å²) in [4.78, 5) is 0. The van der Waals surface area contributed by atoms with Crippen molar-refractivity contribution in [2.45, 2.75) is 31.2 Å². The Morgan fingerprint density at radius 3 is 2.20 bits per heavy atom. The third-order valence-electron chi connectivity index (χ3n) is 1.26. The molecule has 0 fully saturated rings. The summed E-state index contributed by atoms with van der Waals surface area (Å²) in [5.41, 5.74) is 0. The number of halogens is 5. The summed E-state index contributed by atoms with van der Waals surface area (Å²) in [6.07, 6.45) is -4.32. The summed E-state index contributed by atoms with van der Waals surface area (Å²) in [6.45, 7) is 1.88. The van der Waals surface area contributed by atoms with Gasteiger partial charge in [0.25, 0.3) is 0 Å². The second-order valence-electron chi connectivity index (χ2n) is 2.57. The molecular formula is C7H9F5OS2. The first-order chi connectivity index (χ1) is 6.70. The average Bonchev–Trinajstić information content (AvgIpc) is 2.01. The van der Waals surface area contributed by atoms with Crippen LogP contribution in [0.25, 0.3) is 0 Å². The van der Waals surface area contributed by atoms with Gasteiger partial charge in [0, 0.05) is 11.8 Å². The van der Waals surface area contributed by atoms with Crippen LogP contribution in [-0.4, -0.2) is 22.4 Å². The Labute approximate surface area is 93.4 Å². The molecule has 1 nitrogen and oxygen atoms in total. The first-order valence-electron chi connectivity index (χ1n) is 4.01. The summed E-state index contributed by atoms with van der Waals surface area (Å²) in [5.74, 6) is 0. The first-order valence-corrected chi connectivity index (χ1v) is 5.23. The smallest absolute Gasteiger partial charge is 0.464 e. The molecule has 0 rings (SSSR count). The Kier molecular flexibility index (Phi) is 5.79. The van der Waals surface area contributed by atoms with Crippen molar-refractivity contribution >= 4 is 28.4 Å². The van der Waals surface area contributed by atoms with E-state index in [1.165, 1.54) is 0 Å². The van der Waals surface area contributed by atoms with E-state index >= 15 is 0 Å². The van der Waals surface area contributed by atoms with Gasteiger partial charge in [-0.3, -0.25) is 0 Å². The molecule has 0 atom stereocenters. The van der Waals surface area contributed by atoms with Gasteiger partial charge in [-0.2, -0.15) is 22.0 Å². The van der Waals surface area contributed by atoms with Crippen molar-refractivity contribution in [1.82, 2.24) is 0 Å². The van der Waals surface area contributed by atoms with Gasteiger partial charge in [-0.25, -0.2) is 0 Å². The molecule has 0 aliphatic rings. The molecule has 0 aromatic heterocycles. The zero-order valence-electron chi connectivity index (χ0n) is 7.74.